The molecule has 3 aromatic rings. The van der Waals surface area contributed by atoms with E-state index in [0.717, 1.165) is 16.8 Å². The van der Waals surface area contributed by atoms with Gasteiger partial charge in [0.2, 0.25) is 5.95 Å². The third-order valence-electron chi connectivity index (χ3n) is 4.92. The molecule has 0 amide bonds. The maximum absolute atomic E-state index is 13.2. The Balaban J connectivity index is 1.99. The summed E-state index contributed by atoms with van der Waals surface area (Å²) in [5, 5.41) is 4.22. The number of fused-ring (bicyclic) bond motifs is 3. The first kappa shape index (κ1) is 16.3. The largest absolute Gasteiger partial charge is 0.332 e. The summed E-state index contributed by atoms with van der Waals surface area (Å²) in [6.07, 6.45) is 0. The summed E-state index contributed by atoms with van der Waals surface area (Å²) in [5.74, 6) is 0.471. The quantitative estimate of drug-likeness (QED) is 0.759. The van der Waals surface area contributed by atoms with Crippen LogP contribution in [0.3, 0.4) is 0 Å². The Hall–Kier alpha value is -3.16. The molecule has 3 heterocycles. The minimum absolute atomic E-state index is 0.117. The number of nitrogens with zero attached hydrogens (tertiary/aromatic N) is 5. The average Bonchev–Trinajstić information content (AvgIpc) is 3.01. The molecule has 0 saturated heterocycles. The Kier molecular flexibility index (Phi) is 3.57. The summed E-state index contributed by atoms with van der Waals surface area (Å²) in [4.78, 5) is 30.4. The van der Waals surface area contributed by atoms with Crippen molar-refractivity contribution < 1.29 is 0 Å². The lowest BCUT2D eigenvalue weighted by Gasteiger charge is -2.21. The summed E-state index contributed by atoms with van der Waals surface area (Å²) >= 11 is 0. The van der Waals surface area contributed by atoms with Crippen molar-refractivity contribution in [3.05, 3.63) is 56.2 Å². The monoisotopic (exact) mass is 352 g/mol. The number of benzene rings is 1. The molecule has 8 heteroatoms. The number of anilines is 1. The molecule has 1 aliphatic rings. The maximum Gasteiger partial charge on any atom is 0.332 e. The second kappa shape index (κ2) is 5.69. The van der Waals surface area contributed by atoms with E-state index >= 15 is 0 Å². The summed E-state index contributed by atoms with van der Waals surface area (Å²) < 4.78 is 4.49. The lowest BCUT2D eigenvalue weighted by atomic mass is 10.1. The topological polar surface area (TPSA) is 86.2 Å². The van der Waals surface area contributed by atoms with Gasteiger partial charge in [0, 0.05) is 7.05 Å². The molecule has 1 aliphatic heterocycles. The molecule has 8 nitrogen and oxygen atoms in total. The number of hydrogen-bond donors (Lipinski definition) is 1. The van der Waals surface area contributed by atoms with Crippen molar-refractivity contribution in [2.75, 3.05) is 5.43 Å². The number of aryl methyl sites for hydroxylation is 2. The van der Waals surface area contributed by atoms with Crippen LogP contribution in [0.1, 0.15) is 31.0 Å². The Labute approximate surface area is 149 Å². The molecule has 26 heavy (non-hydrogen) atoms. The number of nitrogens with one attached hydrogen (secondary N) is 1. The van der Waals surface area contributed by atoms with Crippen LogP contribution in [0.25, 0.3) is 11.2 Å². The predicted octanol–water partition coefficient (Wildman–Crippen LogP) is 1.62. The molecule has 0 spiro atoms. The SMILES string of the molecule is CC1=NNc2nc3c(c(=O)n(Cc4cccc(C)c4)c(=O)n3C)n2[C@@H]1C. The van der Waals surface area contributed by atoms with Gasteiger partial charge in [-0.05, 0) is 26.3 Å². The van der Waals surface area contributed by atoms with Crippen LogP contribution in [0.2, 0.25) is 0 Å². The molecule has 0 radical (unpaired) electrons. The van der Waals surface area contributed by atoms with E-state index < -0.39 is 0 Å². The van der Waals surface area contributed by atoms with E-state index in [0.29, 0.717) is 17.1 Å². The lowest BCUT2D eigenvalue weighted by molar-refractivity contribution is 0.645. The highest BCUT2D eigenvalue weighted by atomic mass is 16.2. The molecule has 1 atom stereocenters. The molecular formula is C18H20N6O2. The molecule has 134 valence electrons. The van der Waals surface area contributed by atoms with Gasteiger partial charge in [0.05, 0.1) is 18.3 Å². The molecule has 0 saturated carbocycles. The first-order chi connectivity index (χ1) is 12.4. The normalized spacial score (nSPS) is 16.3. The zero-order valence-corrected chi connectivity index (χ0v) is 15.1. The summed E-state index contributed by atoms with van der Waals surface area (Å²) in [6, 6.07) is 7.68. The van der Waals surface area contributed by atoms with Crippen molar-refractivity contribution in [1.82, 2.24) is 18.7 Å². The third kappa shape index (κ3) is 2.29. The van der Waals surface area contributed by atoms with Gasteiger partial charge in [-0.3, -0.25) is 18.5 Å². The minimum Gasteiger partial charge on any atom is -0.294 e. The number of rotatable bonds is 2. The highest BCUT2D eigenvalue weighted by Crippen LogP contribution is 2.25. The molecular weight excluding hydrogens is 332 g/mol. The highest BCUT2D eigenvalue weighted by Gasteiger charge is 2.26. The van der Waals surface area contributed by atoms with E-state index in [-0.39, 0.29) is 23.8 Å². The molecule has 0 unspecified atom stereocenters. The van der Waals surface area contributed by atoms with Crippen LogP contribution in [-0.2, 0) is 13.6 Å². The number of imidazole rings is 1. The summed E-state index contributed by atoms with van der Waals surface area (Å²) in [7, 11) is 1.63. The molecule has 0 fully saturated rings. The number of hydrogen-bond acceptors (Lipinski definition) is 5. The molecule has 0 bridgehead atoms. The van der Waals surface area contributed by atoms with Crippen molar-refractivity contribution >= 4 is 22.8 Å². The maximum atomic E-state index is 13.2. The van der Waals surface area contributed by atoms with Crippen molar-refractivity contribution in [3.8, 4) is 0 Å². The summed E-state index contributed by atoms with van der Waals surface area (Å²) in [5.41, 5.74) is 5.74. The molecule has 4 rings (SSSR count). The van der Waals surface area contributed by atoms with Crippen molar-refractivity contribution in [1.29, 1.82) is 0 Å². The van der Waals surface area contributed by atoms with Crippen LogP contribution in [0.4, 0.5) is 5.95 Å². The van der Waals surface area contributed by atoms with Crippen molar-refractivity contribution in [2.24, 2.45) is 12.1 Å². The van der Waals surface area contributed by atoms with Gasteiger partial charge in [0.15, 0.2) is 11.2 Å². The summed E-state index contributed by atoms with van der Waals surface area (Å²) in [6.45, 7) is 6.05. The van der Waals surface area contributed by atoms with Crippen LogP contribution in [0.15, 0.2) is 39.0 Å². The molecule has 1 N–H and O–H groups in total. The van der Waals surface area contributed by atoms with Gasteiger partial charge in [0.1, 0.15) is 0 Å². The van der Waals surface area contributed by atoms with Gasteiger partial charge in [-0.25, -0.2) is 10.2 Å². The van der Waals surface area contributed by atoms with E-state index in [2.05, 4.69) is 15.5 Å². The van der Waals surface area contributed by atoms with Gasteiger partial charge in [-0.1, -0.05) is 29.8 Å². The van der Waals surface area contributed by atoms with Crippen LogP contribution >= 0.6 is 0 Å². The smallest absolute Gasteiger partial charge is 0.294 e. The van der Waals surface area contributed by atoms with Crippen LogP contribution in [0.5, 0.6) is 0 Å². The van der Waals surface area contributed by atoms with E-state index in [1.807, 2.05) is 49.6 Å². The fourth-order valence-electron chi connectivity index (χ4n) is 3.35. The molecule has 0 aliphatic carbocycles. The third-order valence-corrected chi connectivity index (χ3v) is 4.92. The van der Waals surface area contributed by atoms with Crippen LogP contribution < -0.4 is 16.7 Å². The first-order valence-electron chi connectivity index (χ1n) is 8.46. The molecule has 2 aromatic heterocycles. The van der Waals surface area contributed by atoms with Crippen LogP contribution in [0, 0.1) is 6.92 Å². The minimum atomic E-state index is -0.384. The second-order valence-electron chi connectivity index (χ2n) is 6.74. The highest BCUT2D eigenvalue weighted by molar-refractivity contribution is 5.90. The first-order valence-corrected chi connectivity index (χ1v) is 8.46. The zero-order valence-electron chi connectivity index (χ0n) is 15.1. The predicted molar refractivity (Wildman–Crippen MR) is 101 cm³/mol. The van der Waals surface area contributed by atoms with E-state index in [1.165, 1.54) is 9.13 Å². The van der Waals surface area contributed by atoms with Crippen LogP contribution in [-0.4, -0.2) is 24.4 Å². The zero-order chi connectivity index (χ0) is 18.6. The Morgan fingerprint density at radius 1 is 1.23 bits per heavy atom. The Morgan fingerprint density at radius 2 is 2.00 bits per heavy atom. The fourth-order valence-corrected chi connectivity index (χ4v) is 3.35. The van der Waals surface area contributed by atoms with E-state index in [1.54, 1.807) is 7.05 Å². The van der Waals surface area contributed by atoms with Gasteiger partial charge in [-0.2, -0.15) is 10.1 Å². The van der Waals surface area contributed by atoms with Gasteiger partial charge in [0.25, 0.3) is 5.56 Å². The van der Waals surface area contributed by atoms with Crippen molar-refractivity contribution in [3.63, 3.8) is 0 Å². The van der Waals surface area contributed by atoms with Crippen molar-refractivity contribution in [2.45, 2.75) is 33.4 Å². The second-order valence-corrected chi connectivity index (χ2v) is 6.74. The Morgan fingerprint density at radius 3 is 2.73 bits per heavy atom. The lowest BCUT2D eigenvalue weighted by Crippen LogP contribution is -2.40. The van der Waals surface area contributed by atoms with Gasteiger partial charge < -0.3 is 0 Å². The standard InChI is InChI=1S/C18H20N6O2/c1-10-6-5-7-13(8-10)9-23-16(25)14-15(22(4)18(23)26)19-17-21-20-11(2)12(3)24(14)17/h5-8,12H,9H2,1-4H3,(H,19,21)/t12-/m1/s1. The Bertz CT molecular complexity index is 1180. The molecule has 1 aromatic carbocycles. The van der Waals surface area contributed by atoms with Gasteiger partial charge in [-0.15, -0.1) is 0 Å². The van der Waals surface area contributed by atoms with E-state index in [4.69, 9.17) is 0 Å². The fraction of sp³-hybridized carbons (Fsp3) is 0.333. The van der Waals surface area contributed by atoms with Gasteiger partial charge >= 0.3 is 5.69 Å². The number of aromatic nitrogens is 4. The van der Waals surface area contributed by atoms with E-state index in [9.17, 15) is 9.59 Å². The number of hydrazone groups is 1. The average molecular weight is 352 g/mol.